The van der Waals surface area contributed by atoms with Crippen molar-refractivity contribution in [1.82, 2.24) is 0 Å². The summed E-state index contributed by atoms with van der Waals surface area (Å²) in [5, 5.41) is 0. The van der Waals surface area contributed by atoms with Crippen LogP contribution in [0.5, 0.6) is 0 Å². The van der Waals surface area contributed by atoms with Gasteiger partial charge in [-0.05, 0) is 16.7 Å². The lowest BCUT2D eigenvalue weighted by molar-refractivity contribution is -0.296. The van der Waals surface area contributed by atoms with E-state index in [2.05, 4.69) is 43.3 Å². The maximum absolute atomic E-state index is 6.47. The molecule has 1 heterocycles. The Balaban J connectivity index is 1.48. The van der Waals surface area contributed by atoms with Crippen molar-refractivity contribution in [2.24, 2.45) is 5.92 Å². The molecule has 0 unspecified atom stereocenters. The number of methoxy groups -OCH3 is 1. The third-order valence-electron chi connectivity index (χ3n) is 6.14. The van der Waals surface area contributed by atoms with Crippen LogP contribution in [0.15, 0.2) is 91.0 Å². The van der Waals surface area contributed by atoms with Gasteiger partial charge in [0.05, 0.1) is 32.5 Å². The minimum absolute atomic E-state index is 0.0140. The number of benzene rings is 3. The number of hydrogen-bond acceptors (Lipinski definition) is 5. The van der Waals surface area contributed by atoms with Gasteiger partial charge in [0.2, 0.25) is 0 Å². The van der Waals surface area contributed by atoms with Gasteiger partial charge in [-0.15, -0.1) is 0 Å². The highest BCUT2D eigenvalue weighted by Gasteiger charge is 2.45. The molecule has 0 N–H and O–H groups in total. The highest BCUT2D eigenvalue weighted by Crippen LogP contribution is 2.32. The highest BCUT2D eigenvalue weighted by atomic mass is 16.7. The first-order valence-corrected chi connectivity index (χ1v) is 11.9. The minimum atomic E-state index is -0.400. The fraction of sp³-hybridized carbons (Fsp3) is 0.379. The van der Waals surface area contributed by atoms with Gasteiger partial charge in [0.15, 0.2) is 6.29 Å². The van der Waals surface area contributed by atoms with Crippen molar-refractivity contribution in [1.29, 1.82) is 0 Å². The van der Waals surface area contributed by atoms with Crippen LogP contribution in [0.25, 0.3) is 0 Å². The standard InChI is InChI=1S/C29H34O5/c1-22-27(32-19-24-14-8-4-9-15-24)28(33-20-25-16-10-5-11-17-25)26(34-29(22)30-2)21-31-18-23-12-6-3-7-13-23/h3-17,22,26-29H,18-21H2,1-2H3/t22-,26-,27-,28-,29-/m1/s1. The van der Waals surface area contributed by atoms with Crippen molar-refractivity contribution in [3.05, 3.63) is 108 Å². The van der Waals surface area contributed by atoms with Crippen LogP contribution in [0.2, 0.25) is 0 Å². The van der Waals surface area contributed by atoms with Crippen molar-refractivity contribution in [2.75, 3.05) is 13.7 Å². The summed E-state index contributed by atoms with van der Waals surface area (Å²) in [5.74, 6) is -0.0140. The zero-order valence-electron chi connectivity index (χ0n) is 19.9. The Bertz CT molecular complexity index is 950. The second-order valence-electron chi connectivity index (χ2n) is 8.66. The molecule has 0 aromatic heterocycles. The van der Waals surface area contributed by atoms with Crippen molar-refractivity contribution in [3.8, 4) is 0 Å². The largest absolute Gasteiger partial charge is 0.374 e. The van der Waals surface area contributed by atoms with E-state index < -0.39 is 6.29 Å². The van der Waals surface area contributed by atoms with Crippen LogP contribution in [0, 0.1) is 5.92 Å². The summed E-state index contributed by atoms with van der Waals surface area (Å²) in [5.41, 5.74) is 3.34. The summed E-state index contributed by atoms with van der Waals surface area (Å²) in [7, 11) is 1.67. The first-order valence-electron chi connectivity index (χ1n) is 11.9. The normalized spacial score (nSPS) is 24.7. The van der Waals surface area contributed by atoms with E-state index >= 15 is 0 Å². The fourth-order valence-electron chi connectivity index (χ4n) is 4.29. The zero-order chi connectivity index (χ0) is 23.6. The molecular formula is C29H34O5. The Kier molecular flexibility index (Phi) is 9.25. The molecule has 5 heteroatoms. The Morgan fingerprint density at radius 1 is 0.647 bits per heavy atom. The van der Waals surface area contributed by atoms with Crippen LogP contribution in [0.3, 0.4) is 0 Å². The molecule has 5 atom stereocenters. The summed E-state index contributed by atoms with van der Waals surface area (Å²) in [6.45, 7) is 3.94. The first kappa shape index (κ1) is 24.6. The molecule has 1 fully saturated rings. The van der Waals surface area contributed by atoms with Gasteiger partial charge in [-0.3, -0.25) is 0 Å². The Labute approximate surface area is 202 Å². The summed E-state index contributed by atoms with van der Waals surface area (Å²) in [4.78, 5) is 0. The lowest BCUT2D eigenvalue weighted by Crippen LogP contribution is -2.57. The van der Waals surface area contributed by atoms with Gasteiger partial charge >= 0.3 is 0 Å². The Morgan fingerprint density at radius 2 is 1.12 bits per heavy atom. The monoisotopic (exact) mass is 462 g/mol. The molecule has 5 nitrogen and oxygen atoms in total. The molecule has 34 heavy (non-hydrogen) atoms. The van der Waals surface area contributed by atoms with Crippen LogP contribution in [-0.4, -0.2) is 38.3 Å². The average Bonchev–Trinajstić information content (AvgIpc) is 2.89. The fourth-order valence-corrected chi connectivity index (χ4v) is 4.29. The molecule has 4 rings (SSSR count). The summed E-state index contributed by atoms with van der Waals surface area (Å²) >= 11 is 0. The quantitative estimate of drug-likeness (QED) is 0.383. The molecule has 3 aromatic rings. The van der Waals surface area contributed by atoms with E-state index in [1.165, 1.54) is 0 Å². The summed E-state index contributed by atoms with van der Waals surface area (Å²) < 4.78 is 31.0. The van der Waals surface area contributed by atoms with E-state index in [1.54, 1.807) is 7.11 Å². The summed E-state index contributed by atoms with van der Waals surface area (Å²) in [6.07, 6.45) is -1.24. The van der Waals surface area contributed by atoms with E-state index in [0.717, 1.165) is 16.7 Å². The molecule has 1 aliphatic rings. The van der Waals surface area contributed by atoms with Crippen molar-refractivity contribution < 1.29 is 23.7 Å². The van der Waals surface area contributed by atoms with Gasteiger partial charge < -0.3 is 23.7 Å². The third kappa shape index (κ3) is 6.75. The maximum atomic E-state index is 6.47. The Hall–Kier alpha value is -2.54. The van der Waals surface area contributed by atoms with E-state index in [0.29, 0.717) is 26.4 Å². The number of hydrogen-bond donors (Lipinski definition) is 0. The van der Waals surface area contributed by atoms with E-state index in [9.17, 15) is 0 Å². The van der Waals surface area contributed by atoms with E-state index in [1.807, 2.05) is 54.6 Å². The molecule has 1 aliphatic heterocycles. The number of ether oxygens (including phenoxy) is 5. The first-order chi connectivity index (χ1) is 16.7. The lowest BCUT2D eigenvalue weighted by Gasteiger charge is -2.44. The van der Waals surface area contributed by atoms with Crippen LogP contribution in [0.1, 0.15) is 23.6 Å². The van der Waals surface area contributed by atoms with Crippen LogP contribution >= 0.6 is 0 Å². The van der Waals surface area contributed by atoms with Crippen LogP contribution in [0.4, 0.5) is 0 Å². The minimum Gasteiger partial charge on any atom is -0.374 e. The summed E-state index contributed by atoms with van der Waals surface area (Å²) in [6, 6.07) is 30.5. The van der Waals surface area contributed by atoms with Gasteiger partial charge in [-0.1, -0.05) is 97.9 Å². The van der Waals surface area contributed by atoms with Gasteiger partial charge in [0, 0.05) is 13.0 Å². The molecule has 0 saturated carbocycles. The molecule has 0 radical (unpaired) electrons. The molecular weight excluding hydrogens is 428 g/mol. The Morgan fingerprint density at radius 3 is 1.62 bits per heavy atom. The molecule has 0 aliphatic carbocycles. The van der Waals surface area contributed by atoms with Crippen LogP contribution in [-0.2, 0) is 43.5 Å². The van der Waals surface area contributed by atoms with Gasteiger partial charge in [0.1, 0.15) is 12.2 Å². The van der Waals surface area contributed by atoms with Crippen molar-refractivity contribution in [3.63, 3.8) is 0 Å². The topological polar surface area (TPSA) is 46.2 Å². The zero-order valence-corrected chi connectivity index (χ0v) is 19.9. The van der Waals surface area contributed by atoms with Crippen molar-refractivity contribution >= 4 is 0 Å². The molecule has 0 spiro atoms. The van der Waals surface area contributed by atoms with E-state index in [-0.39, 0.29) is 24.2 Å². The van der Waals surface area contributed by atoms with Crippen molar-refractivity contribution in [2.45, 2.75) is 51.3 Å². The molecule has 0 bridgehead atoms. The molecule has 1 saturated heterocycles. The number of rotatable bonds is 11. The molecule has 180 valence electrons. The average molecular weight is 463 g/mol. The second kappa shape index (κ2) is 12.8. The SMILES string of the molecule is CO[C@@H]1O[C@H](COCc2ccccc2)[C@@H](OCc2ccccc2)[C@H](OCc2ccccc2)[C@H]1C. The van der Waals surface area contributed by atoms with Gasteiger partial charge in [0.25, 0.3) is 0 Å². The lowest BCUT2D eigenvalue weighted by atomic mass is 9.91. The molecule has 3 aromatic carbocycles. The highest BCUT2D eigenvalue weighted by molar-refractivity contribution is 5.15. The third-order valence-corrected chi connectivity index (χ3v) is 6.14. The van der Waals surface area contributed by atoms with E-state index in [4.69, 9.17) is 23.7 Å². The van der Waals surface area contributed by atoms with Gasteiger partial charge in [-0.25, -0.2) is 0 Å². The smallest absolute Gasteiger partial charge is 0.162 e. The van der Waals surface area contributed by atoms with Crippen LogP contribution < -0.4 is 0 Å². The maximum Gasteiger partial charge on any atom is 0.162 e. The second-order valence-corrected chi connectivity index (χ2v) is 8.66. The van der Waals surface area contributed by atoms with Gasteiger partial charge in [-0.2, -0.15) is 0 Å². The molecule has 0 amide bonds. The predicted molar refractivity (Wildman–Crippen MR) is 131 cm³/mol. The predicted octanol–water partition coefficient (Wildman–Crippen LogP) is 5.38.